The summed E-state index contributed by atoms with van der Waals surface area (Å²) in [6, 6.07) is 15.4. The Balaban J connectivity index is 1.51. The van der Waals surface area contributed by atoms with Gasteiger partial charge in [0.1, 0.15) is 29.3 Å². The van der Waals surface area contributed by atoms with Crippen LogP contribution < -0.4 is 9.47 Å². The minimum atomic E-state index is -0.850. The standard InChI is InChI=1S/C26H31FO4/c1-26(2,31-18-10-4-3-5-11-18)23(29)14-13-19-21(28)16-22-24(19)20-12-6-8-17(9-7-15-27)25(20)30-22/h3-6,8,10-14,19,21-24,28-29H,7,9,15-16H2,1-2H3/t19-,21+,22-,23+,24-/m0/s1. The van der Waals surface area contributed by atoms with Crippen LogP contribution in [0.25, 0.3) is 0 Å². The predicted octanol–water partition coefficient (Wildman–Crippen LogP) is 4.59. The van der Waals surface area contributed by atoms with E-state index in [1.165, 1.54) is 0 Å². The second-order valence-electron chi connectivity index (χ2n) is 9.04. The molecule has 1 heterocycles. The van der Waals surface area contributed by atoms with Crippen molar-refractivity contribution in [3.63, 3.8) is 0 Å². The van der Waals surface area contributed by atoms with Gasteiger partial charge in [0.25, 0.3) is 0 Å². The lowest BCUT2D eigenvalue weighted by Gasteiger charge is -2.30. The predicted molar refractivity (Wildman–Crippen MR) is 118 cm³/mol. The summed E-state index contributed by atoms with van der Waals surface area (Å²) in [6.45, 7) is 3.33. The van der Waals surface area contributed by atoms with Crippen molar-refractivity contribution >= 4 is 0 Å². The van der Waals surface area contributed by atoms with Crippen molar-refractivity contribution in [2.75, 3.05) is 6.67 Å². The lowest BCUT2D eigenvalue weighted by atomic mass is 9.86. The molecule has 0 radical (unpaired) electrons. The highest BCUT2D eigenvalue weighted by Gasteiger charge is 2.49. The van der Waals surface area contributed by atoms with E-state index in [1.807, 2.05) is 68.5 Å². The van der Waals surface area contributed by atoms with Crippen LogP contribution in [0, 0.1) is 5.92 Å². The maximum atomic E-state index is 12.7. The topological polar surface area (TPSA) is 58.9 Å². The molecule has 4 rings (SSSR count). The summed E-state index contributed by atoms with van der Waals surface area (Å²) in [5, 5.41) is 21.5. The Morgan fingerprint density at radius 2 is 1.97 bits per heavy atom. The molecular formula is C26H31FO4. The number of halogens is 1. The monoisotopic (exact) mass is 426 g/mol. The fourth-order valence-corrected chi connectivity index (χ4v) is 4.74. The van der Waals surface area contributed by atoms with E-state index >= 15 is 0 Å². The molecular weight excluding hydrogens is 395 g/mol. The van der Waals surface area contributed by atoms with Gasteiger partial charge in [-0.3, -0.25) is 4.39 Å². The van der Waals surface area contributed by atoms with Gasteiger partial charge in [-0.2, -0.15) is 0 Å². The molecule has 0 unspecified atom stereocenters. The highest BCUT2D eigenvalue weighted by molar-refractivity contribution is 5.49. The van der Waals surface area contributed by atoms with Gasteiger partial charge in [0.05, 0.1) is 12.8 Å². The molecule has 166 valence electrons. The summed E-state index contributed by atoms with van der Waals surface area (Å²) in [6.07, 6.45) is 3.80. The fraction of sp³-hybridized carbons (Fsp3) is 0.462. The first-order valence-corrected chi connectivity index (χ1v) is 11.0. The molecule has 0 aromatic heterocycles. The molecule has 31 heavy (non-hydrogen) atoms. The van der Waals surface area contributed by atoms with Crippen LogP contribution >= 0.6 is 0 Å². The Hall–Kier alpha value is -2.37. The quantitative estimate of drug-likeness (QED) is 0.606. The van der Waals surface area contributed by atoms with Crippen LogP contribution in [0.1, 0.15) is 43.7 Å². The molecule has 0 amide bonds. The molecule has 1 fully saturated rings. The third-order valence-electron chi connectivity index (χ3n) is 6.42. The Kier molecular flexibility index (Phi) is 6.35. The molecule has 1 saturated carbocycles. The Labute approximate surface area is 183 Å². The molecule has 2 aromatic rings. The van der Waals surface area contributed by atoms with Crippen LogP contribution in [-0.4, -0.2) is 40.8 Å². The average molecular weight is 427 g/mol. The zero-order chi connectivity index (χ0) is 22.0. The fourth-order valence-electron chi connectivity index (χ4n) is 4.74. The van der Waals surface area contributed by atoms with Gasteiger partial charge < -0.3 is 19.7 Å². The Morgan fingerprint density at radius 1 is 1.19 bits per heavy atom. The highest BCUT2D eigenvalue weighted by Crippen LogP contribution is 2.52. The van der Waals surface area contributed by atoms with E-state index in [2.05, 4.69) is 0 Å². The number of fused-ring (bicyclic) bond motifs is 3. The number of hydrogen-bond acceptors (Lipinski definition) is 4. The summed E-state index contributed by atoms with van der Waals surface area (Å²) in [4.78, 5) is 0. The molecule has 2 aliphatic rings. The first-order chi connectivity index (χ1) is 14.9. The Bertz CT molecular complexity index is 911. The van der Waals surface area contributed by atoms with E-state index in [0.717, 1.165) is 16.9 Å². The SMILES string of the molecule is CC(C)(Oc1ccccc1)[C@H](O)C=C[C@@H]1[C@H]2c3cccc(CCCF)c3O[C@H]2C[C@H]1O. The number of hydrogen-bond donors (Lipinski definition) is 2. The van der Waals surface area contributed by atoms with Crippen molar-refractivity contribution in [3.05, 3.63) is 71.8 Å². The minimum absolute atomic E-state index is 0.0249. The van der Waals surface area contributed by atoms with Gasteiger partial charge >= 0.3 is 0 Å². The third kappa shape index (κ3) is 4.48. The van der Waals surface area contributed by atoms with E-state index in [0.29, 0.717) is 25.0 Å². The summed E-state index contributed by atoms with van der Waals surface area (Å²) >= 11 is 0. The van der Waals surface area contributed by atoms with Crippen molar-refractivity contribution in [2.24, 2.45) is 5.92 Å². The van der Waals surface area contributed by atoms with Crippen LogP contribution in [0.5, 0.6) is 11.5 Å². The maximum absolute atomic E-state index is 12.7. The van der Waals surface area contributed by atoms with Gasteiger partial charge in [-0.1, -0.05) is 48.6 Å². The lowest BCUT2D eigenvalue weighted by Crippen LogP contribution is -2.41. The number of aliphatic hydroxyl groups is 2. The van der Waals surface area contributed by atoms with Crippen LogP contribution in [0.3, 0.4) is 0 Å². The average Bonchev–Trinajstić information content (AvgIpc) is 3.25. The first kappa shape index (κ1) is 21.8. The molecule has 0 saturated heterocycles. The molecule has 1 aliphatic carbocycles. The molecule has 2 aromatic carbocycles. The number of para-hydroxylation sites is 2. The van der Waals surface area contributed by atoms with Crippen molar-refractivity contribution in [1.29, 1.82) is 0 Å². The summed E-state index contributed by atoms with van der Waals surface area (Å²) in [7, 11) is 0. The van der Waals surface area contributed by atoms with Gasteiger partial charge in [-0.15, -0.1) is 0 Å². The number of rotatable bonds is 8. The maximum Gasteiger partial charge on any atom is 0.133 e. The molecule has 2 N–H and O–H groups in total. The molecule has 1 aliphatic heterocycles. The summed E-state index contributed by atoms with van der Waals surface area (Å²) < 4.78 is 24.9. The van der Waals surface area contributed by atoms with Crippen LogP contribution in [0.15, 0.2) is 60.7 Å². The zero-order valence-electron chi connectivity index (χ0n) is 18.1. The van der Waals surface area contributed by atoms with Crippen molar-refractivity contribution < 1.29 is 24.1 Å². The molecule has 0 bridgehead atoms. The normalized spacial score (nSPS) is 25.8. The Morgan fingerprint density at radius 3 is 2.71 bits per heavy atom. The van der Waals surface area contributed by atoms with Gasteiger partial charge in [-0.05, 0) is 44.4 Å². The first-order valence-electron chi connectivity index (χ1n) is 11.0. The number of ether oxygens (including phenoxy) is 2. The molecule has 5 heteroatoms. The van der Waals surface area contributed by atoms with E-state index in [1.54, 1.807) is 6.08 Å². The van der Waals surface area contributed by atoms with Gasteiger partial charge in [0.15, 0.2) is 0 Å². The number of benzene rings is 2. The van der Waals surface area contributed by atoms with Crippen LogP contribution in [0.2, 0.25) is 0 Å². The highest BCUT2D eigenvalue weighted by atomic mass is 19.1. The van der Waals surface area contributed by atoms with E-state index in [-0.39, 0.29) is 24.6 Å². The number of aryl methyl sites for hydroxylation is 1. The number of alkyl halides is 1. The zero-order valence-corrected chi connectivity index (χ0v) is 18.1. The smallest absolute Gasteiger partial charge is 0.133 e. The van der Waals surface area contributed by atoms with Crippen LogP contribution in [0.4, 0.5) is 4.39 Å². The summed E-state index contributed by atoms with van der Waals surface area (Å²) in [5.74, 6) is 1.41. The largest absolute Gasteiger partial charge is 0.489 e. The lowest BCUT2D eigenvalue weighted by molar-refractivity contribution is -0.00221. The number of aliphatic hydroxyl groups excluding tert-OH is 2. The third-order valence-corrected chi connectivity index (χ3v) is 6.42. The van der Waals surface area contributed by atoms with Crippen molar-refractivity contribution in [2.45, 2.75) is 62.9 Å². The molecule has 5 atom stereocenters. The van der Waals surface area contributed by atoms with Gasteiger partial charge in [0.2, 0.25) is 0 Å². The second-order valence-corrected chi connectivity index (χ2v) is 9.04. The van der Waals surface area contributed by atoms with Crippen LogP contribution in [-0.2, 0) is 6.42 Å². The molecule has 0 spiro atoms. The van der Waals surface area contributed by atoms with Crippen molar-refractivity contribution in [3.8, 4) is 11.5 Å². The minimum Gasteiger partial charge on any atom is -0.489 e. The summed E-state index contributed by atoms with van der Waals surface area (Å²) in [5.41, 5.74) is 1.27. The second kappa shape index (κ2) is 9.01. The van der Waals surface area contributed by atoms with Crippen molar-refractivity contribution in [1.82, 2.24) is 0 Å². The van der Waals surface area contributed by atoms with Gasteiger partial charge in [0, 0.05) is 23.8 Å². The van der Waals surface area contributed by atoms with E-state index < -0.39 is 17.8 Å². The van der Waals surface area contributed by atoms with E-state index in [9.17, 15) is 14.6 Å². The van der Waals surface area contributed by atoms with E-state index in [4.69, 9.17) is 9.47 Å². The molecule has 4 nitrogen and oxygen atoms in total. The van der Waals surface area contributed by atoms with Gasteiger partial charge in [-0.25, -0.2) is 0 Å².